The maximum Gasteiger partial charge on any atom is 0.308 e. The van der Waals surface area contributed by atoms with E-state index in [4.69, 9.17) is 5.11 Å². The van der Waals surface area contributed by atoms with E-state index < -0.39 is 11.9 Å². The largest absolute Gasteiger partial charge is 0.481 e. The first-order chi connectivity index (χ1) is 9.63. The lowest BCUT2D eigenvalue weighted by Gasteiger charge is -2.17. The zero-order valence-electron chi connectivity index (χ0n) is 11.3. The predicted molar refractivity (Wildman–Crippen MR) is 71.1 cm³/mol. The van der Waals surface area contributed by atoms with Crippen molar-refractivity contribution >= 4 is 11.9 Å². The first-order valence-electron chi connectivity index (χ1n) is 7.18. The SMILES string of the molecule is O=C(Cn1cc(C2CC2)cn1)N[C@H]1CCC[C@H]1C(=O)O. The lowest BCUT2D eigenvalue weighted by molar-refractivity contribution is -0.142. The number of rotatable bonds is 5. The number of carbonyl (C=O) groups excluding carboxylic acids is 1. The molecule has 0 bridgehead atoms. The fourth-order valence-electron chi connectivity index (χ4n) is 2.92. The molecular formula is C14H19N3O3. The van der Waals surface area contributed by atoms with Crippen LogP contribution in [0.2, 0.25) is 0 Å². The van der Waals surface area contributed by atoms with Crippen LogP contribution in [0, 0.1) is 5.92 Å². The summed E-state index contributed by atoms with van der Waals surface area (Å²) in [6.07, 6.45) is 8.40. The van der Waals surface area contributed by atoms with E-state index in [0.717, 1.165) is 12.8 Å². The van der Waals surface area contributed by atoms with Crippen molar-refractivity contribution in [2.45, 2.75) is 50.6 Å². The minimum atomic E-state index is -0.817. The molecule has 2 N–H and O–H groups in total. The number of carboxylic acids is 1. The highest BCUT2D eigenvalue weighted by atomic mass is 16.4. The number of carbonyl (C=O) groups is 2. The number of aromatic nitrogens is 2. The van der Waals surface area contributed by atoms with Crippen LogP contribution in [0.5, 0.6) is 0 Å². The highest BCUT2D eigenvalue weighted by molar-refractivity contribution is 5.78. The van der Waals surface area contributed by atoms with Gasteiger partial charge in [-0.2, -0.15) is 5.10 Å². The van der Waals surface area contributed by atoms with E-state index in [1.807, 2.05) is 12.4 Å². The monoisotopic (exact) mass is 277 g/mol. The molecule has 6 nitrogen and oxygen atoms in total. The number of nitrogens with one attached hydrogen (secondary N) is 1. The van der Waals surface area contributed by atoms with Crippen molar-refractivity contribution in [1.82, 2.24) is 15.1 Å². The summed E-state index contributed by atoms with van der Waals surface area (Å²) in [4.78, 5) is 23.0. The Morgan fingerprint density at radius 1 is 1.35 bits per heavy atom. The van der Waals surface area contributed by atoms with Gasteiger partial charge in [0.05, 0.1) is 12.1 Å². The van der Waals surface area contributed by atoms with Crippen LogP contribution in [0.4, 0.5) is 0 Å². The van der Waals surface area contributed by atoms with E-state index in [-0.39, 0.29) is 18.5 Å². The molecule has 1 aromatic rings. The Labute approximate surface area is 117 Å². The summed E-state index contributed by atoms with van der Waals surface area (Å²) in [5.74, 6) is -0.798. The Morgan fingerprint density at radius 3 is 2.85 bits per heavy atom. The van der Waals surface area contributed by atoms with Crippen molar-refractivity contribution in [1.29, 1.82) is 0 Å². The maximum atomic E-state index is 12.0. The van der Waals surface area contributed by atoms with E-state index >= 15 is 0 Å². The summed E-state index contributed by atoms with van der Waals surface area (Å²) < 4.78 is 1.63. The van der Waals surface area contributed by atoms with Gasteiger partial charge in [0.15, 0.2) is 0 Å². The van der Waals surface area contributed by atoms with Crippen molar-refractivity contribution < 1.29 is 14.7 Å². The van der Waals surface area contributed by atoms with Crippen LogP contribution in [-0.2, 0) is 16.1 Å². The fourth-order valence-corrected chi connectivity index (χ4v) is 2.92. The lowest BCUT2D eigenvalue weighted by Crippen LogP contribution is -2.41. The smallest absolute Gasteiger partial charge is 0.308 e. The molecule has 0 saturated heterocycles. The second-order valence-electron chi connectivity index (χ2n) is 5.80. The number of amides is 1. The average molecular weight is 277 g/mol. The van der Waals surface area contributed by atoms with Gasteiger partial charge >= 0.3 is 5.97 Å². The van der Waals surface area contributed by atoms with Crippen LogP contribution in [0.15, 0.2) is 12.4 Å². The Balaban J connectivity index is 1.54. The van der Waals surface area contributed by atoms with Gasteiger partial charge in [-0.05, 0) is 37.2 Å². The van der Waals surface area contributed by atoms with Gasteiger partial charge in [-0.15, -0.1) is 0 Å². The summed E-state index contributed by atoms with van der Waals surface area (Å²) in [6, 6.07) is -0.238. The number of aliphatic carboxylic acids is 1. The summed E-state index contributed by atoms with van der Waals surface area (Å²) in [5, 5.41) is 16.1. The number of hydrogen-bond donors (Lipinski definition) is 2. The first kappa shape index (κ1) is 13.1. The number of carboxylic acid groups (broad SMARTS) is 1. The first-order valence-corrected chi connectivity index (χ1v) is 7.18. The van der Waals surface area contributed by atoms with Crippen LogP contribution in [0.25, 0.3) is 0 Å². The summed E-state index contributed by atoms with van der Waals surface area (Å²) in [7, 11) is 0. The van der Waals surface area contributed by atoms with Crippen LogP contribution in [-0.4, -0.2) is 32.8 Å². The quantitative estimate of drug-likeness (QED) is 0.845. The molecule has 1 aromatic heterocycles. The van der Waals surface area contributed by atoms with E-state index in [1.54, 1.807) is 4.68 Å². The second-order valence-corrected chi connectivity index (χ2v) is 5.80. The average Bonchev–Trinajstić information content (AvgIpc) is 2.96. The minimum absolute atomic E-state index is 0.159. The molecule has 2 fully saturated rings. The summed E-state index contributed by atoms with van der Waals surface area (Å²) in [5.41, 5.74) is 1.20. The van der Waals surface area contributed by atoms with E-state index in [1.165, 1.54) is 18.4 Å². The Kier molecular flexibility index (Phi) is 3.46. The second kappa shape index (κ2) is 5.26. The Bertz CT molecular complexity index is 521. The van der Waals surface area contributed by atoms with Gasteiger partial charge < -0.3 is 10.4 Å². The van der Waals surface area contributed by atoms with Crippen molar-refractivity contribution in [3.63, 3.8) is 0 Å². The molecule has 2 aliphatic rings. The molecular weight excluding hydrogens is 258 g/mol. The maximum absolute atomic E-state index is 12.0. The molecule has 3 rings (SSSR count). The van der Waals surface area contributed by atoms with Gasteiger partial charge in [0.2, 0.25) is 5.91 Å². The van der Waals surface area contributed by atoms with Crippen molar-refractivity contribution in [2.75, 3.05) is 0 Å². The number of hydrogen-bond acceptors (Lipinski definition) is 3. The Morgan fingerprint density at radius 2 is 2.15 bits per heavy atom. The molecule has 2 saturated carbocycles. The third kappa shape index (κ3) is 2.84. The van der Waals surface area contributed by atoms with Gasteiger partial charge in [0, 0.05) is 12.2 Å². The molecule has 0 aliphatic heterocycles. The summed E-state index contributed by atoms with van der Waals surface area (Å²) in [6.45, 7) is 0.162. The molecule has 1 heterocycles. The van der Waals surface area contributed by atoms with E-state index in [2.05, 4.69) is 10.4 Å². The molecule has 2 aliphatic carbocycles. The van der Waals surface area contributed by atoms with E-state index in [9.17, 15) is 9.59 Å². The van der Waals surface area contributed by atoms with Crippen LogP contribution >= 0.6 is 0 Å². The van der Waals surface area contributed by atoms with Crippen molar-refractivity contribution in [2.24, 2.45) is 5.92 Å². The lowest BCUT2D eigenvalue weighted by atomic mass is 10.0. The van der Waals surface area contributed by atoms with Gasteiger partial charge in [-0.3, -0.25) is 14.3 Å². The fraction of sp³-hybridized carbons (Fsp3) is 0.643. The molecule has 0 spiro atoms. The molecule has 0 unspecified atom stereocenters. The highest BCUT2D eigenvalue weighted by Crippen LogP contribution is 2.39. The van der Waals surface area contributed by atoms with Crippen LogP contribution in [0.1, 0.15) is 43.6 Å². The normalized spacial score (nSPS) is 25.6. The third-order valence-electron chi connectivity index (χ3n) is 4.19. The van der Waals surface area contributed by atoms with Crippen LogP contribution in [0.3, 0.4) is 0 Å². The Hall–Kier alpha value is -1.85. The molecule has 2 atom stereocenters. The summed E-state index contributed by atoms with van der Waals surface area (Å²) >= 11 is 0. The predicted octanol–water partition coefficient (Wildman–Crippen LogP) is 1.13. The molecule has 6 heteroatoms. The van der Waals surface area contributed by atoms with Gasteiger partial charge in [0.1, 0.15) is 6.54 Å². The molecule has 20 heavy (non-hydrogen) atoms. The minimum Gasteiger partial charge on any atom is -0.481 e. The highest BCUT2D eigenvalue weighted by Gasteiger charge is 2.33. The third-order valence-corrected chi connectivity index (χ3v) is 4.19. The molecule has 0 aromatic carbocycles. The zero-order valence-corrected chi connectivity index (χ0v) is 11.3. The molecule has 1 amide bonds. The molecule has 108 valence electrons. The van der Waals surface area contributed by atoms with Gasteiger partial charge in [-0.25, -0.2) is 0 Å². The van der Waals surface area contributed by atoms with Crippen molar-refractivity contribution in [3.05, 3.63) is 18.0 Å². The standard InChI is InChI=1S/C14H19N3O3/c18-13(16-12-3-1-2-11(12)14(19)20)8-17-7-10(6-15-17)9-4-5-9/h6-7,9,11-12H,1-5,8H2,(H,16,18)(H,19,20)/t11-,12+/m1/s1. The van der Waals surface area contributed by atoms with E-state index in [0.29, 0.717) is 12.3 Å². The topological polar surface area (TPSA) is 84.2 Å². The molecule has 0 radical (unpaired) electrons. The number of nitrogens with zero attached hydrogens (tertiary/aromatic N) is 2. The van der Waals surface area contributed by atoms with Gasteiger partial charge in [-0.1, -0.05) is 6.42 Å². The zero-order chi connectivity index (χ0) is 14.1. The van der Waals surface area contributed by atoms with Gasteiger partial charge in [0.25, 0.3) is 0 Å². The van der Waals surface area contributed by atoms with Crippen LogP contribution < -0.4 is 5.32 Å². The van der Waals surface area contributed by atoms with Crippen molar-refractivity contribution in [3.8, 4) is 0 Å².